The second-order valence-electron chi connectivity index (χ2n) is 7.39. The first-order chi connectivity index (χ1) is 15.9. The van der Waals surface area contributed by atoms with Gasteiger partial charge in [0, 0.05) is 17.1 Å². The number of aromatic nitrogens is 1. The predicted octanol–water partition coefficient (Wildman–Crippen LogP) is 5.30. The summed E-state index contributed by atoms with van der Waals surface area (Å²) in [5.74, 6) is -0.947. The van der Waals surface area contributed by atoms with Gasteiger partial charge in [-0.25, -0.2) is 14.2 Å². The highest BCUT2D eigenvalue weighted by Gasteiger charge is 2.24. The van der Waals surface area contributed by atoms with Gasteiger partial charge < -0.3 is 14.6 Å². The van der Waals surface area contributed by atoms with E-state index in [9.17, 15) is 14.0 Å². The second kappa shape index (κ2) is 9.46. The number of carbonyl (C=O) groups is 2. The molecule has 1 fully saturated rings. The van der Waals surface area contributed by atoms with Gasteiger partial charge in [-0.15, -0.1) is 0 Å². The number of hydrogen-bond donors (Lipinski definition) is 1. The molecule has 8 heteroatoms. The standard InChI is InChI=1S/C25H22FN3O3S/c1-4-32-24(31)17-6-5-7-21(13-17)29-15(2)12-18(16(29)3)14-22-23(30)28-25(33-22)27-20-10-8-19(26)9-11-20/h5-14H,4H2,1-3H3,(H,27,28,30)/b22-14+. The van der Waals surface area contributed by atoms with Gasteiger partial charge in [0.2, 0.25) is 0 Å². The lowest BCUT2D eigenvalue weighted by Crippen LogP contribution is -2.19. The van der Waals surface area contributed by atoms with Crippen LogP contribution in [0.2, 0.25) is 0 Å². The monoisotopic (exact) mass is 463 g/mol. The number of rotatable bonds is 5. The number of nitrogens with zero attached hydrogens (tertiary/aromatic N) is 2. The highest BCUT2D eigenvalue weighted by Crippen LogP contribution is 2.30. The van der Waals surface area contributed by atoms with Gasteiger partial charge in [0.25, 0.3) is 5.91 Å². The maximum atomic E-state index is 13.1. The van der Waals surface area contributed by atoms with E-state index in [0.717, 1.165) is 22.6 Å². The van der Waals surface area contributed by atoms with Gasteiger partial charge in [-0.1, -0.05) is 6.07 Å². The normalized spacial score (nSPS) is 15.8. The number of ether oxygens (including phenoxy) is 1. The summed E-state index contributed by atoms with van der Waals surface area (Å²) in [6.45, 7) is 6.01. The number of carbonyl (C=O) groups excluding carboxylic acids is 2. The molecule has 0 bridgehead atoms. The summed E-state index contributed by atoms with van der Waals surface area (Å²) >= 11 is 1.23. The number of thioether (sulfide) groups is 1. The lowest BCUT2D eigenvalue weighted by molar-refractivity contribution is -0.115. The summed E-state index contributed by atoms with van der Waals surface area (Å²) in [4.78, 5) is 29.5. The predicted molar refractivity (Wildman–Crippen MR) is 128 cm³/mol. The molecule has 0 aliphatic carbocycles. The van der Waals surface area contributed by atoms with Crippen molar-refractivity contribution < 1.29 is 18.7 Å². The Balaban J connectivity index is 1.62. The fourth-order valence-corrected chi connectivity index (χ4v) is 4.40. The number of amidine groups is 1. The van der Waals surface area contributed by atoms with Crippen LogP contribution in [0.5, 0.6) is 0 Å². The first-order valence-electron chi connectivity index (χ1n) is 10.4. The van der Waals surface area contributed by atoms with Gasteiger partial charge in [-0.2, -0.15) is 0 Å². The highest BCUT2D eigenvalue weighted by atomic mass is 32.2. The molecule has 1 saturated heterocycles. The number of halogens is 1. The van der Waals surface area contributed by atoms with Crippen molar-refractivity contribution >= 4 is 40.6 Å². The fraction of sp³-hybridized carbons (Fsp3) is 0.160. The molecular weight excluding hydrogens is 441 g/mol. The van der Waals surface area contributed by atoms with Gasteiger partial charge in [0.1, 0.15) is 5.82 Å². The Bertz CT molecular complexity index is 1290. The van der Waals surface area contributed by atoms with E-state index in [1.165, 1.54) is 23.9 Å². The van der Waals surface area contributed by atoms with Crippen LogP contribution in [0.1, 0.15) is 34.2 Å². The second-order valence-corrected chi connectivity index (χ2v) is 8.42. The average Bonchev–Trinajstić information content (AvgIpc) is 3.27. The van der Waals surface area contributed by atoms with E-state index >= 15 is 0 Å². The third-order valence-corrected chi connectivity index (χ3v) is 5.99. The summed E-state index contributed by atoms with van der Waals surface area (Å²) in [6.07, 6.45) is 1.82. The summed E-state index contributed by atoms with van der Waals surface area (Å²) in [5, 5.41) is 3.18. The van der Waals surface area contributed by atoms with Crippen molar-refractivity contribution in [2.24, 2.45) is 4.99 Å². The molecule has 2 aromatic carbocycles. The molecule has 0 radical (unpaired) electrons. The van der Waals surface area contributed by atoms with Gasteiger partial charge in [0.05, 0.1) is 22.8 Å². The Labute approximate surface area is 195 Å². The number of aliphatic imine (C=N–C) groups is 1. The zero-order valence-electron chi connectivity index (χ0n) is 18.4. The van der Waals surface area contributed by atoms with Crippen LogP contribution in [0.4, 0.5) is 10.1 Å². The molecule has 3 aromatic rings. The van der Waals surface area contributed by atoms with E-state index < -0.39 is 0 Å². The molecule has 0 saturated carbocycles. The van der Waals surface area contributed by atoms with Crippen molar-refractivity contribution in [1.29, 1.82) is 0 Å². The largest absolute Gasteiger partial charge is 0.462 e. The van der Waals surface area contributed by atoms with Crippen molar-refractivity contribution in [3.63, 3.8) is 0 Å². The molecule has 1 aliphatic rings. The number of benzene rings is 2. The summed E-state index contributed by atoms with van der Waals surface area (Å²) < 4.78 is 20.2. The Morgan fingerprint density at radius 3 is 2.67 bits per heavy atom. The number of amides is 1. The topological polar surface area (TPSA) is 72.7 Å². The van der Waals surface area contributed by atoms with Crippen LogP contribution in [0.25, 0.3) is 11.8 Å². The lowest BCUT2D eigenvalue weighted by atomic mass is 10.2. The molecule has 33 heavy (non-hydrogen) atoms. The maximum Gasteiger partial charge on any atom is 0.338 e. The molecule has 1 aromatic heterocycles. The minimum absolute atomic E-state index is 0.241. The quantitative estimate of drug-likeness (QED) is 0.412. The SMILES string of the molecule is CCOC(=O)c1cccc(-n2c(C)cc(/C=C3/SC(=Nc4ccc(F)cc4)NC3=O)c2C)c1. The highest BCUT2D eigenvalue weighted by molar-refractivity contribution is 8.18. The Morgan fingerprint density at radius 2 is 1.94 bits per heavy atom. The smallest absolute Gasteiger partial charge is 0.338 e. The minimum atomic E-state index is -0.365. The first-order valence-corrected chi connectivity index (χ1v) is 11.2. The molecular formula is C25H22FN3O3S. The maximum absolute atomic E-state index is 13.1. The molecule has 2 heterocycles. The Hall–Kier alpha value is -3.65. The average molecular weight is 464 g/mol. The van der Waals surface area contributed by atoms with Crippen LogP contribution in [0, 0.1) is 19.7 Å². The van der Waals surface area contributed by atoms with E-state index in [-0.39, 0.29) is 17.7 Å². The molecule has 0 atom stereocenters. The first kappa shape index (κ1) is 22.5. The van der Waals surface area contributed by atoms with Crippen LogP contribution in [0.3, 0.4) is 0 Å². The van der Waals surface area contributed by atoms with Crippen molar-refractivity contribution in [3.8, 4) is 5.69 Å². The van der Waals surface area contributed by atoms with Crippen molar-refractivity contribution in [2.75, 3.05) is 6.61 Å². The minimum Gasteiger partial charge on any atom is -0.462 e. The van der Waals surface area contributed by atoms with Crippen molar-refractivity contribution in [3.05, 3.63) is 87.8 Å². The number of nitrogens with one attached hydrogen (secondary N) is 1. The third-order valence-electron chi connectivity index (χ3n) is 5.08. The van der Waals surface area contributed by atoms with Gasteiger partial charge in [0.15, 0.2) is 5.17 Å². The van der Waals surface area contributed by atoms with E-state index in [4.69, 9.17) is 4.74 Å². The van der Waals surface area contributed by atoms with E-state index in [1.807, 2.05) is 42.7 Å². The molecule has 1 amide bonds. The fourth-order valence-electron chi connectivity index (χ4n) is 3.57. The summed E-state index contributed by atoms with van der Waals surface area (Å²) in [6, 6.07) is 15.0. The van der Waals surface area contributed by atoms with Gasteiger partial charge in [-0.05, 0) is 92.7 Å². The molecule has 4 rings (SSSR count). The van der Waals surface area contributed by atoms with Crippen molar-refractivity contribution in [2.45, 2.75) is 20.8 Å². The molecule has 6 nitrogen and oxygen atoms in total. The van der Waals surface area contributed by atoms with E-state index in [2.05, 4.69) is 10.3 Å². The zero-order chi connectivity index (χ0) is 23.5. The Morgan fingerprint density at radius 1 is 1.18 bits per heavy atom. The number of esters is 1. The van der Waals surface area contributed by atoms with Gasteiger partial charge in [-0.3, -0.25) is 4.79 Å². The molecule has 0 unspecified atom stereocenters. The number of aryl methyl sites for hydroxylation is 1. The molecule has 168 valence electrons. The lowest BCUT2D eigenvalue weighted by Gasteiger charge is -2.11. The summed E-state index contributed by atoms with van der Waals surface area (Å²) in [5.41, 5.74) is 4.65. The van der Waals surface area contributed by atoms with Crippen LogP contribution in [-0.4, -0.2) is 28.2 Å². The third kappa shape index (κ3) is 4.90. The molecule has 0 spiro atoms. The van der Waals surface area contributed by atoms with Crippen molar-refractivity contribution in [1.82, 2.24) is 9.88 Å². The van der Waals surface area contributed by atoms with E-state index in [1.54, 1.807) is 31.2 Å². The van der Waals surface area contributed by atoms with Crippen LogP contribution < -0.4 is 5.32 Å². The van der Waals surface area contributed by atoms with Crippen LogP contribution >= 0.6 is 11.8 Å². The van der Waals surface area contributed by atoms with Crippen LogP contribution in [0.15, 0.2) is 64.5 Å². The molecule has 1 aliphatic heterocycles. The van der Waals surface area contributed by atoms with Crippen LogP contribution in [-0.2, 0) is 9.53 Å². The summed E-state index contributed by atoms with van der Waals surface area (Å²) in [7, 11) is 0. The zero-order valence-corrected chi connectivity index (χ0v) is 19.2. The van der Waals surface area contributed by atoms with Gasteiger partial charge >= 0.3 is 5.97 Å². The number of hydrogen-bond acceptors (Lipinski definition) is 5. The molecule has 1 N–H and O–H groups in total. The van der Waals surface area contributed by atoms with E-state index in [0.29, 0.717) is 27.9 Å². The Kier molecular flexibility index (Phi) is 6.46.